The average molecular weight is 319 g/mol. The molecule has 0 bridgehead atoms. The fraction of sp³-hybridized carbons (Fsp3) is 0.412. The Balaban J connectivity index is 2.26. The van der Waals surface area contributed by atoms with E-state index in [1.54, 1.807) is 13.0 Å². The van der Waals surface area contributed by atoms with Gasteiger partial charge in [-0.3, -0.25) is 4.79 Å². The molecular formula is C17H21NO5. The highest BCUT2D eigenvalue weighted by Gasteiger charge is 2.25. The third kappa shape index (κ3) is 3.90. The highest BCUT2D eigenvalue weighted by atomic mass is 16.6. The van der Waals surface area contributed by atoms with E-state index in [-0.39, 0.29) is 18.3 Å². The molecule has 1 amide bonds. The highest BCUT2D eigenvalue weighted by Crippen LogP contribution is 2.27. The minimum atomic E-state index is -0.893. The molecule has 0 unspecified atom stereocenters. The van der Waals surface area contributed by atoms with E-state index in [1.165, 1.54) is 6.92 Å². The van der Waals surface area contributed by atoms with Gasteiger partial charge in [0.25, 0.3) is 5.91 Å². The number of nitrogens with one attached hydrogen (secondary N) is 1. The molecular weight excluding hydrogens is 298 g/mol. The average Bonchev–Trinajstić information content (AvgIpc) is 2.91. The molecule has 0 radical (unpaired) electrons. The Morgan fingerprint density at radius 3 is 2.70 bits per heavy atom. The molecule has 6 heteroatoms. The molecule has 0 aliphatic carbocycles. The summed E-state index contributed by atoms with van der Waals surface area (Å²) in [6, 6.07) is 7.31. The number of ether oxygens (including phenoxy) is 2. The van der Waals surface area contributed by atoms with Crippen LogP contribution in [0.1, 0.15) is 36.9 Å². The van der Waals surface area contributed by atoms with Crippen molar-refractivity contribution < 1.29 is 23.5 Å². The zero-order valence-electron chi connectivity index (χ0n) is 13.5. The van der Waals surface area contributed by atoms with Crippen LogP contribution in [-0.2, 0) is 20.9 Å². The van der Waals surface area contributed by atoms with Gasteiger partial charge in [-0.1, -0.05) is 18.2 Å². The summed E-state index contributed by atoms with van der Waals surface area (Å²) in [4.78, 5) is 24.1. The second-order valence-electron chi connectivity index (χ2n) is 4.99. The standard InChI is InChI=1S/C17H21NO5/c1-4-18-16(19)11(3)22-17(20)15-13(10-21-5-2)12-8-6-7-9-14(12)23-15/h6-9,11H,4-5,10H2,1-3H3,(H,18,19)/t11-/m0/s1. The van der Waals surface area contributed by atoms with Gasteiger partial charge in [-0.25, -0.2) is 4.79 Å². The minimum Gasteiger partial charge on any atom is -0.449 e. The summed E-state index contributed by atoms with van der Waals surface area (Å²) in [6.07, 6.45) is -0.893. The lowest BCUT2D eigenvalue weighted by Crippen LogP contribution is -2.35. The maximum absolute atomic E-state index is 12.4. The van der Waals surface area contributed by atoms with Crippen molar-refractivity contribution in [3.63, 3.8) is 0 Å². The van der Waals surface area contributed by atoms with Crippen LogP contribution in [0.5, 0.6) is 0 Å². The molecule has 1 aromatic carbocycles. The van der Waals surface area contributed by atoms with Crippen molar-refractivity contribution in [1.29, 1.82) is 0 Å². The van der Waals surface area contributed by atoms with Crippen LogP contribution in [0, 0.1) is 0 Å². The SMILES string of the molecule is CCNC(=O)[C@H](C)OC(=O)c1oc2ccccc2c1COCC. The van der Waals surface area contributed by atoms with E-state index in [0.717, 1.165) is 5.39 Å². The quantitative estimate of drug-likeness (QED) is 0.794. The number of likely N-dealkylation sites (N-methyl/N-ethyl adjacent to an activating group) is 1. The number of esters is 1. The number of carbonyl (C=O) groups is 2. The predicted molar refractivity (Wildman–Crippen MR) is 85.1 cm³/mol. The summed E-state index contributed by atoms with van der Waals surface area (Å²) in [5.74, 6) is -0.936. The van der Waals surface area contributed by atoms with E-state index >= 15 is 0 Å². The number of furan rings is 1. The number of hydrogen-bond donors (Lipinski definition) is 1. The van der Waals surface area contributed by atoms with E-state index in [4.69, 9.17) is 13.9 Å². The van der Waals surface area contributed by atoms with Gasteiger partial charge < -0.3 is 19.2 Å². The predicted octanol–water partition coefficient (Wildman–Crippen LogP) is 2.65. The Bertz CT molecular complexity index is 691. The fourth-order valence-corrected chi connectivity index (χ4v) is 2.20. The second kappa shape index (κ2) is 7.78. The van der Waals surface area contributed by atoms with E-state index < -0.39 is 12.1 Å². The summed E-state index contributed by atoms with van der Waals surface area (Å²) >= 11 is 0. The molecule has 0 saturated heterocycles. The molecule has 6 nitrogen and oxygen atoms in total. The van der Waals surface area contributed by atoms with Crippen LogP contribution in [0.4, 0.5) is 0 Å². The second-order valence-corrected chi connectivity index (χ2v) is 4.99. The van der Waals surface area contributed by atoms with Crippen molar-refractivity contribution in [2.45, 2.75) is 33.5 Å². The summed E-state index contributed by atoms with van der Waals surface area (Å²) in [5, 5.41) is 3.41. The normalized spacial score (nSPS) is 12.1. The van der Waals surface area contributed by atoms with Crippen LogP contribution >= 0.6 is 0 Å². The first-order valence-corrected chi connectivity index (χ1v) is 7.65. The van der Waals surface area contributed by atoms with Crippen molar-refractivity contribution >= 4 is 22.8 Å². The number of benzene rings is 1. The maximum Gasteiger partial charge on any atom is 0.375 e. The maximum atomic E-state index is 12.4. The van der Waals surface area contributed by atoms with Gasteiger partial charge in [0.2, 0.25) is 5.76 Å². The molecule has 1 N–H and O–H groups in total. The summed E-state index contributed by atoms with van der Waals surface area (Å²) < 4.78 is 16.2. The molecule has 2 rings (SSSR count). The Morgan fingerprint density at radius 1 is 1.26 bits per heavy atom. The van der Waals surface area contributed by atoms with Crippen LogP contribution < -0.4 is 5.32 Å². The lowest BCUT2D eigenvalue weighted by atomic mass is 10.1. The first kappa shape index (κ1) is 17.0. The Morgan fingerprint density at radius 2 is 2.00 bits per heavy atom. The molecule has 1 atom stereocenters. The van der Waals surface area contributed by atoms with Gasteiger partial charge in [-0.2, -0.15) is 0 Å². The summed E-state index contributed by atoms with van der Waals surface area (Å²) in [6.45, 7) is 6.43. The lowest BCUT2D eigenvalue weighted by Gasteiger charge is -2.12. The zero-order valence-corrected chi connectivity index (χ0v) is 13.5. The molecule has 0 saturated carbocycles. The Hall–Kier alpha value is -2.34. The number of carbonyl (C=O) groups excluding carboxylic acids is 2. The molecule has 0 fully saturated rings. The number of amides is 1. The monoisotopic (exact) mass is 319 g/mol. The van der Waals surface area contributed by atoms with E-state index in [0.29, 0.717) is 24.3 Å². The third-order valence-electron chi connectivity index (χ3n) is 3.34. The van der Waals surface area contributed by atoms with E-state index in [2.05, 4.69) is 5.32 Å². The van der Waals surface area contributed by atoms with Crippen molar-refractivity contribution in [1.82, 2.24) is 5.32 Å². The topological polar surface area (TPSA) is 77.8 Å². The van der Waals surface area contributed by atoms with Gasteiger partial charge in [0.15, 0.2) is 6.10 Å². The molecule has 1 heterocycles. The van der Waals surface area contributed by atoms with Gasteiger partial charge in [-0.15, -0.1) is 0 Å². The largest absolute Gasteiger partial charge is 0.449 e. The van der Waals surface area contributed by atoms with Gasteiger partial charge in [0.1, 0.15) is 5.58 Å². The van der Waals surface area contributed by atoms with Crippen molar-refractivity contribution in [3.8, 4) is 0 Å². The molecule has 0 aliphatic rings. The fourth-order valence-electron chi connectivity index (χ4n) is 2.20. The van der Waals surface area contributed by atoms with E-state index in [1.807, 2.05) is 25.1 Å². The van der Waals surface area contributed by atoms with Crippen LogP contribution in [0.25, 0.3) is 11.0 Å². The molecule has 2 aromatic rings. The number of rotatable bonds is 7. The minimum absolute atomic E-state index is 0.0794. The lowest BCUT2D eigenvalue weighted by molar-refractivity contribution is -0.129. The molecule has 1 aromatic heterocycles. The zero-order chi connectivity index (χ0) is 16.8. The number of hydrogen-bond acceptors (Lipinski definition) is 5. The van der Waals surface area contributed by atoms with Crippen molar-refractivity contribution in [2.75, 3.05) is 13.2 Å². The number of para-hydroxylation sites is 1. The summed E-state index contributed by atoms with van der Waals surface area (Å²) in [7, 11) is 0. The first-order valence-electron chi connectivity index (χ1n) is 7.65. The first-order chi connectivity index (χ1) is 11.1. The van der Waals surface area contributed by atoms with E-state index in [9.17, 15) is 9.59 Å². The van der Waals surface area contributed by atoms with Crippen molar-refractivity contribution in [2.24, 2.45) is 0 Å². The van der Waals surface area contributed by atoms with Gasteiger partial charge in [0, 0.05) is 24.1 Å². The molecule has 124 valence electrons. The number of fused-ring (bicyclic) bond motifs is 1. The highest BCUT2D eigenvalue weighted by molar-refractivity contribution is 5.97. The molecule has 0 spiro atoms. The Kier molecular flexibility index (Phi) is 5.76. The van der Waals surface area contributed by atoms with Crippen LogP contribution in [-0.4, -0.2) is 31.1 Å². The van der Waals surface area contributed by atoms with Gasteiger partial charge >= 0.3 is 5.97 Å². The third-order valence-corrected chi connectivity index (χ3v) is 3.34. The summed E-state index contributed by atoms with van der Waals surface area (Å²) in [5.41, 5.74) is 1.22. The molecule has 23 heavy (non-hydrogen) atoms. The van der Waals surface area contributed by atoms with Crippen LogP contribution in [0.15, 0.2) is 28.7 Å². The van der Waals surface area contributed by atoms with Crippen LogP contribution in [0.3, 0.4) is 0 Å². The van der Waals surface area contributed by atoms with Crippen molar-refractivity contribution in [3.05, 3.63) is 35.6 Å². The molecule has 0 aliphatic heterocycles. The Labute approximate surface area is 134 Å². The smallest absolute Gasteiger partial charge is 0.375 e. The van der Waals surface area contributed by atoms with Gasteiger partial charge in [-0.05, 0) is 26.8 Å². The van der Waals surface area contributed by atoms with Gasteiger partial charge in [0.05, 0.1) is 6.61 Å². The van der Waals surface area contributed by atoms with Crippen LogP contribution in [0.2, 0.25) is 0 Å².